The fraction of sp³-hybridized carbons (Fsp3) is 0.533. The van der Waals surface area contributed by atoms with E-state index < -0.39 is 0 Å². The lowest BCUT2D eigenvalue weighted by Gasteiger charge is -2.27. The van der Waals surface area contributed by atoms with Crippen molar-refractivity contribution in [1.29, 1.82) is 0 Å². The van der Waals surface area contributed by atoms with Gasteiger partial charge in [0, 0.05) is 27.2 Å². The van der Waals surface area contributed by atoms with Gasteiger partial charge in [-0.3, -0.25) is 4.99 Å². The van der Waals surface area contributed by atoms with Gasteiger partial charge in [-0.05, 0) is 17.7 Å². The van der Waals surface area contributed by atoms with Crippen molar-refractivity contribution in [3.63, 3.8) is 0 Å². The highest BCUT2D eigenvalue weighted by Crippen LogP contribution is 2.06. The molecule has 0 radical (unpaired) electrons. The summed E-state index contributed by atoms with van der Waals surface area (Å²) in [7, 11) is 3.68. The molecule has 1 unspecified atom stereocenters. The minimum atomic E-state index is -0.224. The predicted octanol–water partition coefficient (Wildman–Crippen LogP) is 1.87. The number of halogens is 2. The summed E-state index contributed by atoms with van der Waals surface area (Å²) in [5, 5.41) is 3.27. The molecule has 2 rings (SSSR count). The third-order valence-electron chi connectivity index (χ3n) is 3.28. The lowest BCUT2D eigenvalue weighted by Crippen LogP contribution is -2.45. The maximum absolute atomic E-state index is 12.9. The number of nitrogens with zero attached hydrogens (tertiary/aromatic N) is 2. The second-order valence-corrected chi connectivity index (χ2v) is 4.98. The van der Waals surface area contributed by atoms with Crippen molar-refractivity contribution < 1.29 is 13.9 Å². The molecule has 0 aliphatic carbocycles. The lowest BCUT2D eigenvalue weighted by molar-refractivity contribution is -0.0851. The Hall–Kier alpha value is -0.930. The largest absolute Gasteiger partial charge is 0.376 e. The van der Waals surface area contributed by atoms with Crippen LogP contribution in [0.15, 0.2) is 29.3 Å². The summed E-state index contributed by atoms with van der Waals surface area (Å²) in [5.74, 6) is 0.548. The number of guanidine groups is 1. The van der Waals surface area contributed by atoms with E-state index in [1.165, 1.54) is 12.1 Å². The van der Waals surface area contributed by atoms with Crippen molar-refractivity contribution in [2.75, 3.05) is 40.5 Å². The third-order valence-corrected chi connectivity index (χ3v) is 3.28. The molecule has 0 aromatic heterocycles. The van der Waals surface area contributed by atoms with E-state index in [0.29, 0.717) is 32.9 Å². The van der Waals surface area contributed by atoms with Crippen LogP contribution >= 0.6 is 24.0 Å². The van der Waals surface area contributed by atoms with E-state index in [0.717, 1.165) is 11.5 Å². The van der Waals surface area contributed by atoms with E-state index in [9.17, 15) is 4.39 Å². The molecule has 1 aliphatic rings. The van der Waals surface area contributed by atoms with Crippen LogP contribution in [-0.2, 0) is 16.0 Å². The molecule has 7 heteroatoms. The molecule has 0 amide bonds. The number of hydrogen-bond donors (Lipinski definition) is 1. The number of benzene rings is 1. The summed E-state index contributed by atoms with van der Waals surface area (Å²) < 4.78 is 23.8. The Balaban J connectivity index is 0.00000242. The molecule has 0 spiro atoms. The Kier molecular flexibility index (Phi) is 8.66. The lowest BCUT2D eigenvalue weighted by atomic mass is 10.2. The SMILES string of the molecule is CN=C(NCC1COCCO1)N(C)Cc1ccc(F)cc1.I. The van der Waals surface area contributed by atoms with Crippen molar-refractivity contribution in [2.24, 2.45) is 4.99 Å². The predicted molar refractivity (Wildman–Crippen MR) is 95.2 cm³/mol. The van der Waals surface area contributed by atoms with Crippen molar-refractivity contribution in [3.8, 4) is 0 Å². The number of rotatable bonds is 4. The molecule has 0 saturated carbocycles. The molecule has 5 nitrogen and oxygen atoms in total. The van der Waals surface area contributed by atoms with Crippen LogP contribution in [0.5, 0.6) is 0 Å². The first kappa shape index (κ1) is 19.1. The number of hydrogen-bond acceptors (Lipinski definition) is 3. The maximum Gasteiger partial charge on any atom is 0.193 e. The van der Waals surface area contributed by atoms with Crippen LogP contribution in [0.3, 0.4) is 0 Å². The number of ether oxygens (including phenoxy) is 2. The molecular formula is C15H23FIN3O2. The van der Waals surface area contributed by atoms with Gasteiger partial charge >= 0.3 is 0 Å². The Labute approximate surface area is 147 Å². The summed E-state index contributed by atoms with van der Waals surface area (Å²) in [5.41, 5.74) is 1.03. The smallest absolute Gasteiger partial charge is 0.193 e. The van der Waals surface area contributed by atoms with E-state index in [4.69, 9.17) is 9.47 Å². The number of aliphatic imine (C=N–C) groups is 1. The zero-order valence-corrected chi connectivity index (χ0v) is 15.2. The second kappa shape index (κ2) is 9.96. The molecule has 1 aromatic carbocycles. The summed E-state index contributed by atoms with van der Waals surface area (Å²) in [6.45, 7) is 3.21. The molecule has 1 atom stereocenters. The zero-order chi connectivity index (χ0) is 15.1. The van der Waals surface area contributed by atoms with Gasteiger partial charge in [0.15, 0.2) is 5.96 Å². The van der Waals surface area contributed by atoms with E-state index in [1.54, 1.807) is 19.2 Å². The van der Waals surface area contributed by atoms with Crippen LogP contribution in [0, 0.1) is 5.82 Å². The van der Waals surface area contributed by atoms with Gasteiger partial charge in [-0.2, -0.15) is 0 Å². The van der Waals surface area contributed by atoms with Crippen molar-refractivity contribution in [3.05, 3.63) is 35.6 Å². The van der Waals surface area contributed by atoms with E-state index in [2.05, 4.69) is 10.3 Å². The van der Waals surface area contributed by atoms with Crippen molar-refractivity contribution >= 4 is 29.9 Å². The highest BCUT2D eigenvalue weighted by molar-refractivity contribution is 14.0. The van der Waals surface area contributed by atoms with Crippen molar-refractivity contribution in [1.82, 2.24) is 10.2 Å². The molecule has 1 fully saturated rings. The van der Waals surface area contributed by atoms with Gasteiger partial charge < -0.3 is 19.7 Å². The molecule has 124 valence electrons. The van der Waals surface area contributed by atoms with Crippen LogP contribution in [0.4, 0.5) is 4.39 Å². The summed E-state index contributed by atoms with van der Waals surface area (Å²) in [6.07, 6.45) is 0.0507. The van der Waals surface area contributed by atoms with Gasteiger partial charge in [0.2, 0.25) is 0 Å². The van der Waals surface area contributed by atoms with Gasteiger partial charge in [-0.15, -0.1) is 24.0 Å². The van der Waals surface area contributed by atoms with Gasteiger partial charge in [0.25, 0.3) is 0 Å². The fourth-order valence-corrected chi connectivity index (χ4v) is 2.18. The van der Waals surface area contributed by atoms with E-state index in [-0.39, 0.29) is 35.9 Å². The highest BCUT2D eigenvalue weighted by Gasteiger charge is 2.15. The highest BCUT2D eigenvalue weighted by atomic mass is 127. The Morgan fingerprint density at radius 2 is 2.09 bits per heavy atom. The number of nitrogens with one attached hydrogen (secondary N) is 1. The summed E-state index contributed by atoms with van der Waals surface area (Å²) >= 11 is 0. The first-order chi connectivity index (χ1) is 10.2. The first-order valence-corrected chi connectivity index (χ1v) is 7.04. The van der Waals surface area contributed by atoms with Gasteiger partial charge in [0.05, 0.1) is 25.9 Å². The normalized spacial score (nSPS) is 18.5. The molecule has 1 aliphatic heterocycles. The van der Waals surface area contributed by atoms with Crippen LogP contribution in [0.1, 0.15) is 5.56 Å². The van der Waals surface area contributed by atoms with Gasteiger partial charge in [-0.1, -0.05) is 12.1 Å². The van der Waals surface area contributed by atoms with Crippen LogP contribution in [-0.4, -0.2) is 57.4 Å². The van der Waals surface area contributed by atoms with E-state index >= 15 is 0 Å². The van der Waals surface area contributed by atoms with E-state index in [1.807, 2.05) is 11.9 Å². The summed E-state index contributed by atoms with van der Waals surface area (Å²) in [4.78, 5) is 6.23. The average molecular weight is 423 g/mol. The van der Waals surface area contributed by atoms with Gasteiger partial charge in [-0.25, -0.2) is 4.39 Å². The molecule has 0 bridgehead atoms. The topological polar surface area (TPSA) is 46.1 Å². The first-order valence-electron chi connectivity index (χ1n) is 7.04. The van der Waals surface area contributed by atoms with Gasteiger partial charge in [0.1, 0.15) is 5.82 Å². The molecule has 1 saturated heterocycles. The Morgan fingerprint density at radius 3 is 2.68 bits per heavy atom. The Bertz CT molecular complexity index is 464. The maximum atomic E-state index is 12.9. The second-order valence-electron chi connectivity index (χ2n) is 4.98. The molecular weight excluding hydrogens is 400 g/mol. The standard InChI is InChI=1S/C15H22FN3O2.HI/c1-17-15(18-9-14-11-20-7-8-21-14)19(2)10-12-3-5-13(16)6-4-12;/h3-6,14H,7-11H2,1-2H3,(H,17,18);1H. The minimum Gasteiger partial charge on any atom is -0.376 e. The zero-order valence-electron chi connectivity index (χ0n) is 12.9. The minimum absolute atomic E-state index is 0. The molecule has 1 N–H and O–H groups in total. The van der Waals surface area contributed by atoms with Crippen LogP contribution in [0.2, 0.25) is 0 Å². The molecule has 1 heterocycles. The van der Waals surface area contributed by atoms with Crippen LogP contribution < -0.4 is 5.32 Å². The fourth-order valence-electron chi connectivity index (χ4n) is 2.18. The molecule has 1 aromatic rings. The average Bonchev–Trinajstić information content (AvgIpc) is 2.51. The Morgan fingerprint density at radius 1 is 1.36 bits per heavy atom. The van der Waals surface area contributed by atoms with Crippen molar-refractivity contribution in [2.45, 2.75) is 12.6 Å². The van der Waals surface area contributed by atoms with Crippen LogP contribution in [0.25, 0.3) is 0 Å². The molecule has 22 heavy (non-hydrogen) atoms. The summed E-state index contributed by atoms with van der Waals surface area (Å²) in [6, 6.07) is 6.48. The quantitative estimate of drug-likeness (QED) is 0.457. The monoisotopic (exact) mass is 423 g/mol. The third kappa shape index (κ3) is 6.05.